The van der Waals surface area contributed by atoms with Crippen molar-refractivity contribution < 1.29 is 4.74 Å². The molecular weight excluding hydrogens is 288 g/mol. The second-order valence-corrected chi connectivity index (χ2v) is 5.48. The molecular formula is C18H18N4O. The molecule has 0 radical (unpaired) electrons. The van der Waals surface area contributed by atoms with Gasteiger partial charge in [-0.3, -0.25) is 4.98 Å². The first-order valence-electron chi connectivity index (χ1n) is 7.79. The Kier molecular flexibility index (Phi) is 3.78. The monoisotopic (exact) mass is 306 g/mol. The van der Waals surface area contributed by atoms with Crippen molar-refractivity contribution in [3.05, 3.63) is 61.1 Å². The highest BCUT2D eigenvalue weighted by atomic mass is 16.5. The number of nitrogens with zero attached hydrogens (tertiary/aromatic N) is 4. The van der Waals surface area contributed by atoms with Crippen molar-refractivity contribution in [2.24, 2.45) is 0 Å². The second kappa shape index (κ2) is 6.22. The fourth-order valence-electron chi connectivity index (χ4n) is 2.88. The molecule has 5 nitrogen and oxygen atoms in total. The van der Waals surface area contributed by atoms with E-state index in [-0.39, 0.29) is 0 Å². The van der Waals surface area contributed by atoms with Crippen LogP contribution < -0.4 is 4.90 Å². The van der Waals surface area contributed by atoms with Gasteiger partial charge in [-0.25, -0.2) is 4.68 Å². The third kappa shape index (κ3) is 2.83. The van der Waals surface area contributed by atoms with Crippen LogP contribution in [-0.4, -0.2) is 41.1 Å². The van der Waals surface area contributed by atoms with Gasteiger partial charge in [-0.15, -0.1) is 0 Å². The standard InChI is InChI=1S/C18H18N4O/c1-3-17(4-2-16(1)21-11-13-23-14-12-21)22-18(7-10-20-22)15-5-8-19-9-6-15/h1-10H,11-14H2. The lowest BCUT2D eigenvalue weighted by molar-refractivity contribution is 0.122. The predicted octanol–water partition coefficient (Wildman–Crippen LogP) is 2.77. The number of hydrogen-bond donors (Lipinski definition) is 0. The minimum Gasteiger partial charge on any atom is -0.378 e. The van der Waals surface area contributed by atoms with Gasteiger partial charge in [0.15, 0.2) is 0 Å². The van der Waals surface area contributed by atoms with E-state index in [1.165, 1.54) is 5.69 Å². The minimum absolute atomic E-state index is 0.799. The molecule has 3 heterocycles. The van der Waals surface area contributed by atoms with Gasteiger partial charge < -0.3 is 9.64 Å². The van der Waals surface area contributed by atoms with E-state index in [2.05, 4.69) is 39.2 Å². The summed E-state index contributed by atoms with van der Waals surface area (Å²) in [5.41, 5.74) is 4.45. The first kappa shape index (κ1) is 14.0. The average Bonchev–Trinajstić information content (AvgIpc) is 3.13. The van der Waals surface area contributed by atoms with Gasteiger partial charge in [-0.1, -0.05) is 0 Å². The summed E-state index contributed by atoms with van der Waals surface area (Å²) in [5, 5.41) is 4.47. The number of ether oxygens (including phenoxy) is 1. The molecule has 5 heteroatoms. The molecule has 1 aliphatic heterocycles. The zero-order valence-electron chi connectivity index (χ0n) is 12.8. The van der Waals surface area contributed by atoms with E-state index in [1.807, 2.05) is 29.1 Å². The maximum Gasteiger partial charge on any atom is 0.0742 e. The van der Waals surface area contributed by atoms with Crippen molar-refractivity contribution in [2.45, 2.75) is 0 Å². The normalized spacial score (nSPS) is 14.9. The number of pyridine rings is 1. The fourth-order valence-corrected chi connectivity index (χ4v) is 2.88. The smallest absolute Gasteiger partial charge is 0.0742 e. The van der Waals surface area contributed by atoms with E-state index < -0.39 is 0 Å². The van der Waals surface area contributed by atoms with Crippen LogP contribution in [0.15, 0.2) is 61.1 Å². The van der Waals surface area contributed by atoms with Crippen LogP contribution in [0.5, 0.6) is 0 Å². The molecule has 3 aromatic rings. The third-order valence-electron chi connectivity index (χ3n) is 4.09. The van der Waals surface area contributed by atoms with Crippen molar-refractivity contribution in [2.75, 3.05) is 31.2 Å². The summed E-state index contributed by atoms with van der Waals surface area (Å²) in [6.45, 7) is 3.49. The number of rotatable bonds is 3. The van der Waals surface area contributed by atoms with E-state index in [0.717, 1.165) is 43.2 Å². The molecule has 0 unspecified atom stereocenters. The van der Waals surface area contributed by atoms with Gasteiger partial charge in [-0.2, -0.15) is 5.10 Å². The summed E-state index contributed by atoms with van der Waals surface area (Å²) in [7, 11) is 0. The third-order valence-corrected chi connectivity index (χ3v) is 4.09. The van der Waals surface area contributed by atoms with E-state index in [9.17, 15) is 0 Å². The molecule has 0 aliphatic carbocycles. The van der Waals surface area contributed by atoms with Crippen LogP contribution in [0.4, 0.5) is 5.69 Å². The van der Waals surface area contributed by atoms with E-state index in [1.54, 1.807) is 12.4 Å². The summed E-state index contributed by atoms with van der Waals surface area (Å²) in [5.74, 6) is 0. The molecule has 0 atom stereocenters. The molecule has 1 fully saturated rings. The molecule has 2 aromatic heterocycles. The molecule has 1 saturated heterocycles. The predicted molar refractivity (Wildman–Crippen MR) is 89.8 cm³/mol. The Morgan fingerprint density at radius 2 is 1.48 bits per heavy atom. The Balaban J connectivity index is 1.63. The van der Waals surface area contributed by atoms with E-state index in [0.29, 0.717) is 0 Å². The molecule has 1 aliphatic rings. The summed E-state index contributed by atoms with van der Waals surface area (Å²) in [6.07, 6.45) is 5.42. The molecule has 4 rings (SSSR count). The summed E-state index contributed by atoms with van der Waals surface area (Å²) >= 11 is 0. The van der Waals surface area contributed by atoms with E-state index in [4.69, 9.17) is 4.74 Å². The summed E-state index contributed by atoms with van der Waals surface area (Å²) < 4.78 is 7.36. The number of morpholine rings is 1. The molecule has 23 heavy (non-hydrogen) atoms. The summed E-state index contributed by atoms with van der Waals surface area (Å²) in [6, 6.07) is 14.5. The van der Waals surface area contributed by atoms with Crippen LogP contribution in [-0.2, 0) is 4.74 Å². The largest absolute Gasteiger partial charge is 0.378 e. The van der Waals surface area contributed by atoms with Crippen molar-refractivity contribution >= 4 is 5.69 Å². The first-order chi connectivity index (χ1) is 11.4. The van der Waals surface area contributed by atoms with Crippen LogP contribution in [0.25, 0.3) is 16.9 Å². The Hall–Kier alpha value is -2.66. The molecule has 116 valence electrons. The van der Waals surface area contributed by atoms with Gasteiger partial charge in [0.2, 0.25) is 0 Å². The average molecular weight is 306 g/mol. The molecule has 0 N–H and O–H groups in total. The van der Waals surface area contributed by atoms with Crippen molar-refractivity contribution in [1.82, 2.24) is 14.8 Å². The highest BCUT2D eigenvalue weighted by molar-refractivity contribution is 5.62. The zero-order valence-corrected chi connectivity index (χ0v) is 12.8. The van der Waals surface area contributed by atoms with Gasteiger partial charge in [0.25, 0.3) is 0 Å². The van der Waals surface area contributed by atoms with Gasteiger partial charge >= 0.3 is 0 Å². The number of aromatic nitrogens is 3. The van der Waals surface area contributed by atoms with Crippen molar-refractivity contribution in [1.29, 1.82) is 0 Å². The van der Waals surface area contributed by atoms with Gasteiger partial charge in [0.1, 0.15) is 0 Å². The Bertz CT molecular complexity index is 761. The SMILES string of the molecule is c1cc(-c2ccnn2-c2ccc(N3CCOCC3)cc2)ccn1. The minimum atomic E-state index is 0.799. The van der Waals surface area contributed by atoms with Crippen LogP contribution in [0.2, 0.25) is 0 Å². The van der Waals surface area contributed by atoms with Gasteiger partial charge in [-0.05, 0) is 42.5 Å². The quantitative estimate of drug-likeness (QED) is 0.746. The summed E-state index contributed by atoms with van der Waals surface area (Å²) in [4.78, 5) is 6.42. The fraction of sp³-hybridized carbons (Fsp3) is 0.222. The number of hydrogen-bond acceptors (Lipinski definition) is 4. The lowest BCUT2D eigenvalue weighted by atomic mass is 10.2. The Labute approximate surface area is 135 Å². The van der Waals surface area contributed by atoms with Crippen LogP contribution in [0.1, 0.15) is 0 Å². The molecule has 0 saturated carbocycles. The lowest BCUT2D eigenvalue weighted by Crippen LogP contribution is -2.36. The number of benzene rings is 1. The highest BCUT2D eigenvalue weighted by Gasteiger charge is 2.12. The van der Waals surface area contributed by atoms with Gasteiger partial charge in [0, 0.05) is 36.7 Å². The van der Waals surface area contributed by atoms with Crippen molar-refractivity contribution in [3.63, 3.8) is 0 Å². The lowest BCUT2D eigenvalue weighted by Gasteiger charge is -2.28. The van der Waals surface area contributed by atoms with Crippen LogP contribution in [0.3, 0.4) is 0 Å². The Morgan fingerprint density at radius 3 is 2.22 bits per heavy atom. The second-order valence-electron chi connectivity index (χ2n) is 5.48. The maximum atomic E-state index is 5.41. The maximum absolute atomic E-state index is 5.41. The first-order valence-corrected chi connectivity index (χ1v) is 7.79. The van der Waals surface area contributed by atoms with Crippen LogP contribution >= 0.6 is 0 Å². The van der Waals surface area contributed by atoms with Crippen LogP contribution in [0, 0.1) is 0 Å². The molecule has 1 aromatic carbocycles. The Morgan fingerprint density at radius 1 is 0.783 bits per heavy atom. The van der Waals surface area contributed by atoms with Crippen molar-refractivity contribution in [3.8, 4) is 16.9 Å². The van der Waals surface area contributed by atoms with Gasteiger partial charge in [0.05, 0.1) is 30.8 Å². The topological polar surface area (TPSA) is 43.2 Å². The molecule has 0 bridgehead atoms. The van der Waals surface area contributed by atoms with E-state index >= 15 is 0 Å². The molecule has 0 amide bonds. The zero-order chi connectivity index (χ0) is 15.5. The highest BCUT2D eigenvalue weighted by Crippen LogP contribution is 2.23. The number of anilines is 1. The molecule has 0 spiro atoms.